The molecule has 0 radical (unpaired) electrons. The fourth-order valence-electron chi connectivity index (χ4n) is 0.580. The fourth-order valence-corrected chi connectivity index (χ4v) is 0.580. The van der Waals surface area contributed by atoms with Gasteiger partial charge >= 0.3 is 0 Å². The van der Waals surface area contributed by atoms with Gasteiger partial charge in [0.2, 0.25) is 0 Å². The molecule has 0 bridgehead atoms. The van der Waals surface area contributed by atoms with E-state index in [-0.39, 0.29) is 0 Å². The summed E-state index contributed by atoms with van der Waals surface area (Å²) >= 11 is 0. The monoisotopic (exact) mass is 120 g/mol. The van der Waals surface area contributed by atoms with Crippen LogP contribution in [0.5, 0.6) is 0 Å². The molecule has 0 aromatic rings. The number of terminal acetylenes is 1. The maximum Gasteiger partial charge on any atom is 0.0225 e. The van der Waals surface area contributed by atoms with Gasteiger partial charge in [0.15, 0.2) is 0 Å². The van der Waals surface area contributed by atoms with Gasteiger partial charge in [-0.2, -0.15) is 0 Å². The molecule has 0 aromatic carbocycles. The molecule has 0 heteroatoms. The first kappa shape index (κ1) is 8.04. The van der Waals surface area contributed by atoms with Crippen LogP contribution in [-0.4, -0.2) is 0 Å². The largest absolute Gasteiger partial charge is 0.115 e. The summed E-state index contributed by atoms with van der Waals surface area (Å²) in [5, 5.41) is 0. The topological polar surface area (TPSA) is 0 Å². The van der Waals surface area contributed by atoms with E-state index in [4.69, 9.17) is 6.42 Å². The SMILES string of the molecule is C#CC(=C/C)/C(C)=C\C. The molecule has 0 heterocycles. The maximum atomic E-state index is 5.20. The zero-order valence-electron chi connectivity index (χ0n) is 6.23. The lowest BCUT2D eigenvalue weighted by molar-refractivity contribution is 1.40. The van der Waals surface area contributed by atoms with E-state index in [0.717, 1.165) is 5.57 Å². The molecule has 0 N–H and O–H groups in total. The van der Waals surface area contributed by atoms with Crippen molar-refractivity contribution in [2.75, 3.05) is 0 Å². The van der Waals surface area contributed by atoms with Gasteiger partial charge in [-0.15, -0.1) is 6.42 Å². The Morgan fingerprint density at radius 3 is 2.00 bits per heavy atom. The molecule has 48 valence electrons. The van der Waals surface area contributed by atoms with Gasteiger partial charge in [0.05, 0.1) is 0 Å². The van der Waals surface area contributed by atoms with Crippen LogP contribution in [0.15, 0.2) is 23.3 Å². The van der Waals surface area contributed by atoms with Gasteiger partial charge in [0.25, 0.3) is 0 Å². The van der Waals surface area contributed by atoms with Gasteiger partial charge in [0, 0.05) is 5.57 Å². The number of rotatable bonds is 1. The van der Waals surface area contributed by atoms with E-state index in [1.807, 2.05) is 32.9 Å². The Morgan fingerprint density at radius 1 is 1.33 bits per heavy atom. The fraction of sp³-hybridized carbons (Fsp3) is 0.333. The molecular weight excluding hydrogens is 108 g/mol. The molecule has 0 aliphatic carbocycles. The van der Waals surface area contributed by atoms with Crippen LogP contribution in [0.4, 0.5) is 0 Å². The Bertz CT molecular complexity index is 175. The van der Waals surface area contributed by atoms with Gasteiger partial charge < -0.3 is 0 Å². The number of allylic oxidation sites excluding steroid dienone is 4. The van der Waals surface area contributed by atoms with E-state index < -0.39 is 0 Å². The molecule has 0 amide bonds. The van der Waals surface area contributed by atoms with Crippen molar-refractivity contribution in [3.8, 4) is 12.3 Å². The second-order valence-electron chi connectivity index (χ2n) is 1.82. The van der Waals surface area contributed by atoms with Crippen molar-refractivity contribution in [3.05, 3.63) is 23.3 Å². The summed E-state index contributed by atoms with van der Waals surface area (Å²) in [5.41, 5.74) is 2.15. The molecular formula is C9H12. The molecule has 0 aromatic heterocycles. The van der Waals surface area contributed by atoms with Gasteiger partial charge in [0.1, 0.15) is 0 Å². The summed E-state index contributed by atoms with van der Waals surface area (Å²) in [6.07, 6.45) is 9.15. The average Bonchev–Trinajstić information content (AvgIpc) is 1.90. The molecule has 0 nitrogen and oxygen atoms in total. The van der Waals surface area contributed by atoms with Crippen molar-refractivity contribution in [1.29, 1.82) is 0 Å². The van der Waals surface area contributed by atoms with E-state index in [0.29, 0.717) is 0 Å². The number of hydrogen-bond donors (Lipinski definition) is 0. The molecule has 0 atom stereocenters. The first-order chi connectivity index (χ1) is 4.26. The van der Waals surface area contributed by atoms with Gasteiger partial charge in [-0.05, 0) is 26.3 Å². The van der Waals surface area contributed by atoms with Crippen LogP contribution in [0.3, 0.4) is 0 Å². The van der Waals surface area contributed by atoms with Gasteiger partial charge in [-0.1, -0.05) is 18.1 Å². The second kappa shape index (κ2) is 3.97. The quantitative estimate of drug-likeness (QED) is 0.368. The third kappa shape index (κ3) is 2.19. The minimum atomic E-state index is 0.984. The average molecular weight is 120 g/mol. The molecule has 0 spiro atoms. The van der Waals surface area contributed by atoms with E-state index in [1.54, 1.807) is 0 Å². The third-order valence-electron chi connectivity index (χ3n) is 1.30. The highest BCUT2D eigenvalue weighted by Crippen LogP contribution is 2.05. The molecule has 0 aliphatic rings. The Balaban J connectivity index is 4.39. The lowest BCUT2D eigenvalue weighted by atomic mass is 10.1. The lowest BCUT2D eigenvalue weighted by Crippen LogP contribution is -1.77. The molecule has 0 aliphatic heterocycles. The minimum Gasteiger partial charge on any atom is -0.115 e. The third-order valence-corrected chi connectivity index (χ3v) is 1.30. The summed E-state index contributed by atoms with van der Waals surface area (Å²) in [6.45, 7) is 5.94. The summed E-state index contributed by atoms with van der Waals surface area (Å²) < 4.78 is 0. The molecule has 9 heavy (non-hydrogen) atoms. The lowest BCUT2D eigenvalue weighted by Gasteiger charge is -1.94. The van der Waals surface area contributed by atoms with E-state index in [9.17, 15) is 0 Å². The summed E-state index contributed by atoms with van der Waals surface area (Å²) in [6, 6.07) is 0. The van der Waals surface area contributed by atoms with E-state index in [1.165, 1.54) is 5.57 Å². The predicted molar refractivity (Wildman–Crippen MR) is 42.0 cm³/mol. The van der Waals surface area contributed by atoms with Crippen molar-refractivity contribution >= 4 is 0 Å². The highest BCUT2D eigenvalue weighted by molar-refractivity contribution is 5.42. The number of hydrogen-bond acceptors (Lipinski definition) is 0. The Labute approximate surface area is 57.3 Å². The van der Waals surface area contributed by atoms with Crippen LogP contribution < -0.4 is 0 Å². The summed E-state index contributed by atoms with van der Waals surface area (Å²) in [4.78, 5) is 0. The Kier molecular flexibility index (Phi) is 3.55. The molecule has 0 saturated carbocycles. The van der Waals surface area contributed by atoms with E-state index >= 15 is 0 Å². The smallest absolute Gasteiger partial charge is 0.0225 e. The Morgan fingerprint density at radius 2 is 1.89 bits per heavy atom. The zero-order chi connectivity index (χ0) is 7.28. The molecule has 0 rings (SSSR count). The minimum absolute atomic E-state index is 0.984. The normalized spacial score (nSPS) is 13.1. The van der Waals surface area contributed by atoms with Gasteiger partial charge in [-0.25, -0.2) is 0 Å². The van der Waals surface area contributed by atoms with Crippen molar-refractivity contribution in [2.24, 2.45) is 0 Å². The van der Waals surface area contributed by atoms with Crippen molar-refractivity contribution < 1.29 is 0 Å². The highest BCUT2D eigenvalue weighted by atomic mass is 13.9. The summed E-state index contributed by atoms with van der Waals surface area (Å²) in [7, 11) is 0. The van der Waals surface area contributed by atoms with Crippen LogP contribution in [0.25, 0.3) is 0 Å². The van der Waals surface area contributed by atoms with Crippen LogP contribution in [0.1, 0.15) is 20.8 Å². The first-order valence-corrected chi connectivity index (χ1v) is 3.02. The zero-order valence-corrected chi connectivity index (χ0v) is 6.23. The second-order valence-corrected chi connectivity index (χ2v) is 1.82. The predicted octanol–water partition coefficient (Wildman–Crippen LogP) is 2.53. The standard InChI is InChI=1S/C9H12/c1-5-8(4)9(6-2)7-3/h2,5,7H,1,3-4H3/b8-5-,9-7-. The van der Waals surface area contributed by atoms with Crippen LogP contribution in [-0.2, 0) is 0 Å². The van der Waals surface area contributed by atoms with Crippen molar-refractivity contribution in [1.82, 2.24) is 0 Å². The van der Waals surface area contributed by atoms with Crippen LogP contribution in [0, 0.1) is 12.3 Å². The van der Waals surface area contributed by atoms with Crippen LogP contribution in [0.2, 0.25) is 0 Å². The van der Waals surface area contributed by atoms with Crippen molar-refractivity contribution in [2.45, 2.75) is 20.8 Å². The van der Waals surface area contributed by atoms with Gasteiger partial charge in [-0.3, -0.25) is 0 Å². The molecule has 0 saturated heterocycles. The first-order valence-electron chi connectivity index (χ1n) is 3.02. The van der Waals surface area contributed by atoms with Crippen LogP contribution >= 0.6 is 0 Å². The van der Waals surface area contributed by atoms with E-state index in [2.05, 4.69) is 5.92 Å². The summed E-state index contributed by atoms with van der Waals surface area (Å²) in [5.74, 6) is 2.60. The van der Waals surface area contributed by atoms with Crippen molar-refractivity contribution in [3.63, 3.8) is 0 Å². The maximum absolute atomic E-state index is 5.20. The highest BCUT2D eigenvalue weighted by Gasteiger charge is 1.88. The Hall–Kier alpha value is -0.960. The molecule has 0 unspecified atom stereocenters. The molecule has 0 fully saturated rings.